The van der Waals surface area contributed by atoms with Gasteiger partial charge in [-0.25, -0.2) is 4.98 Å². The van der Waals surface area contributed by atoms with Gasteiger partial charge < -0.3 is 19.9 Å². The van der Waals surface area contributed by atoms with E-state index in [1.807, 2.05) is 14.1 Å². The van der Waals surface area contributed by atoms with Gasteiger partial charge in [0.15, 0.2) is 15.8 Å². The normalized spacial score (nSPS) is 15.2. The highest BCUT2D eigenvalue weighted by atomic mass is 32.1. The van der Waals surface area contributed by atoms with Gasteiger partial charge in [0.05, 0.1) is 19.8 Å². The van der Waals surface area contributed by atoms with Crippen molar-refractivity contribution < 1.29 is 9.53 Å². The zero-order chi connectivity index (χ0) is 14.5. The van der Waals surface area contributed by atoms with Crippen molar-refractivity contribution >= 4 is 28.2 Å². The van der Waals surface area contributed by atoms with Crippen LogP contribution in [0.4, 0.5) is 10.9 Å². The summed E-state index contributed by atoms with van der Waals surface area (Å²) >= 11 is 1.30. The number of thiazole rings is 1. The van der Waals surface area contributed by atoms with Crippen LogP contribution in [0.5, 0.6) is 0 Å². The molecule has 0 aliphatic carbocycles. The van der Waals surface area contributed by atoms with E-state index < -0.39 is 0 Å². The molecule has 1 aromatic rings. The molecule has 0 spiro atoms. The second-order valence-corrected chi connectivity index (χ2v) is 5.65. The minimum atomic E-state index is -0.176. The quantitative estimate of drug-likeness (QED) is 0.863. The average molecular weight is 295 g/mol. The maximum absolute atomic E-state index is 11.7. The molecule has 0 atom stereocenters. The van der Waals surface area contributed by atoms with Crippen LogP contribution in [0.15, 0.2) is 0 Å². The maximum atomic E-state index is 11.7. The summed E-state index contributed by atoms with van der Waals surface area (Å²) in [6.07, 6.45) is 0. The van der Waals surface area contributed by atoms with Crippen molar-refractivity contribution in [1.82, 2.24) is 9.88 Å². The molecule has 8 heteroatoms. The number of nitrogens with zero attached hydrogens (tertiary/aromatic N) is 4. The van der Waals surface area contributed by atoms with Gasteiger partial charge in [-0.2, -0.15) is 5.26 Å². The van der Waals surface area contributed by atoms with Crippen molar-refractivity contribution in [2.75, 3.05) is 57.2 Å². The molecule has 0 saturated carbocycles. The SMILES string of the molecule is CN(C)CC(=O)Nc1nc(N2CCOCC2)sc1C#N. The Morgan fingerprint density at radius 1 is 1.55 bits per heavy atom. The molecular formula is C12H17N5O2S. The smallest absolute Gasteiger partial charge is 0.239 e. The zero-order valence-electron chi connectivity index (χ0n) is 11.5. The first-order valence-electron chi connectivity index (χ1n) is 6.28. The molecular weight excluding hydrogens is 278 g/mol. The van der Waals surface area contributed by atoms with Gasteiger partial charge in [-0.3, -0.25) is 4.79 Å². The summed E-state index contributed by atoms with van der Waals surface area (Å²) in [5.41, 5.74) is 0. The zero-order valence-corrected chi connectivity index (χ0v) is 12.4. The number of carbonyl (C=O) groups is 1. The number of hydrogen-bond donors (Lipinski definition) is 1. The average Bonchev–Trinajstić information content (AvgIpc) is 2.81. The van der Waals surface area contributed by atoms with E-state index in [2.05, 4.69) is 21.3 Å². The van der Waals surface area contributed by atoms with E-state index in [4.69, 9.17) is 10.00 Å². The number of ether oxygens (including phenoxy) is 1. The molecule has 0 aromatic carbocycles. The van der Waals surface area contributed by atoms with Crippen molar-refractivity contribution in [3.8, 4) is 6.07 Å². The lowest BCUT2D eigenvalue weighted by atomic mass is 10.4. The number of nitrogens with one attached hydrogen (secondary N) is 1. The molecule has 1 amide bonds. The Bertz CT molecular complexity index is 516. The Morgan fingerprint density at radius 2 is 2.25 bits per heavy atom. The maximum Gasteiger partial charge on any atom is 0.239 e. The number of anilines is 2. The molecule has 0 bridgehead atoms. The lowest BCUT2D eigenvalue weighted by Crippen LogP contribution is -2.36. The molecule has 1 N–H and O–H groups in total. The van der Waals surface area contributed by atoms with Crippen LogP contribution in [0.25, 0.3) is 0 Å². The second kappa shape index (κ2) is 6.65. The summed E-state index contributed by atoms with van der Waals surface area (Å²) in [6.45, 7) is 3.08. The summed E-state index contributed by atoms with van der Waals surface area (Å²) in [5, 5.41) is 12.6. The monoisotopic (exact) mass is 295 g/mol. The van der Waals surface area contributed by atoms with Crippen LogP contribution < -0.4 is 10.2 Å². The van der Waals surface area contributed by atoms with Crippen LogP contribution in [0.3, 0.4) is 0 Å². The van der Waals surface area contributed by atoms with E-state index in [9.17, 15) is 4.79 Å². The van der Waals surface area contributed by atoms with E-state index >= 15 is 0 Å². The number of hydrogen-bond acceptors (Lipinski definition) is 7. The van der Waals surface area contributed by atoms with E-state index in [0.717, 1.165) is 18.2 Å². The summed E-state index contributed by atoms with van der Waals surface area (Å²) in [4.78, 5) is 20.4. The van der Waals surface area contributed by atoms with Crippen LogP contribution in [-0.4, -0.2) is 62.7 Å². The summed E-state index contributed by atoms with van der Waals surface area (Å²) in [7, 11) is 3.62. The molecule has 1 saturated heterocycles. The van der Waals surface area contributed by atoms with Crippen LogP contribution in [0.2, 0.25) is 0 Å². The Labute approximate surface area is 121 Å². The number of rotatable bonds is 4. The number of nitriles is 1. The predicted octanol–water partition coefficient (Wildman–Crippen LogP) is 0.351. The first kappa shape index (κ1) is 14.7. The highest BCUT2D eigenvalue weighted by molar-refractivity contribution is 7.16. The molecule has 2 rings (SSSR count). The third kappa shape index (κ3) is 3.66. The van der Waals surface area contributed by atoms with Gasteiger partial charge in [0.25, 0.3) is 0 Å². The van der Waals surface area contributed by atoms with Gasteiger partial charge in [0.1, 0.15) is 6.07 Å². The minimum Gasteiger partial charge on any atom is -0.378 e. The number of aromatic nitrogens is 1. The molecule has 0 unspecified atom stereocenters. The second-order valence-electron chi connectivity index (χ2n) is 4.67. The molecule has 0 radical (unpaired) electrons. The first-order valence-corrected chi connectivity index (χ1v) is 7.10. The van der Waals surface area contributed by atoms with Crippen molar-refractivity contribution in [3.05, 3.63) is 4.88 Å². The van der Waals surface area contributed by atoms with Crippen LogP contribution in [-0.2, 0) is 9.53 Å². The van der Waals surface area contributed by atoms with Crippen molar-refractivity contribution in [3.63, 3.8) is 0 Å². The minimum absolute atomic E-state index is 0.176. The number of likely N-dealkylation sites (N-methyl/N-ethyl adjacent to an activating group) is 1. The predicted molar refractivity (Wildman–Crippen MR) is 77.0 cm³/mol. The topological polar surface area (TPSA) is 81.5 Å². The third-order valence-corrected chi connectivity index (χ3v) is 3.74. The largest absolute Gasteiger partial charge is 0.378 e. The fourth-order valence-corrected chi connectivity index (χ4v) is 2.69. The lowest BCUT2D eigenvalue weighted by Gasteiger charge is -2.25. The fourth-order valence-electron chi connectivity index (χ4n) is 1.82. The van der Waals surface area contributed by atoms with Gasteiger partial charge >= 0.3 is 0 Å². The van der Waals surface area contributed by atoms with Gasteiger partial charge in [0.2, 0.25) is 5.91 Å². The van der Waals surface area contributed by atoms with Gasteiger partial charge in [-0.15, -0.1) is 0 Å². The molecule has 1 aliphatic rings. The molecule has 2 heterocycles. The highest BCUT2D eigenvalue weighted by Gasteiger charge is 2.19. The van der Waals surface area contributed by atoms with Crippen molar-refractivity contribution in [2.24, 2.45) is 0 Å². The lowest BCUT2D eigenvalue weighted by molar-refractivity contribution is -0.116. The van der Waals surface area contributed by atoms with E-state index in [-0.39, 0.29) is 12.5 Å². The first-order chi connectivity index (χ1) is 9.60. The molecule has 1 fully saturated rings. The van der Waals surface area contributed by atoms with Gasteiger partial charge in [0, 0.05) is 13.1 Å². The molecule has 1 aromatic heterocycles. The van der Waals surface area contributed by atoms with Crippen LogP contribution in [0, 0.1) is 11.3 Å². The standard InChI is InChI=1S/C12H17N5O2S/c1-16(2)8-10(18)14-11-9(7-13)20-12(15-11)17-3-5-19-6-4-17/h3-6,8H2,1-2H3,(H,14,18). The molecule has 108 valence electrons. The van der Waals surface area contributed by atoms with Crippen LogP contribution >= 0.6 is 11.3 Å². The van der Waals surface area contributed by atoms with E-state index in [1.165, 1.54) is 11.3 Å². The third-order valence-electron chi connectivity index (χ3n) is 2.72. The molecule has 7 nitrogen and oxygen atoms in total. The summed E-state index contributed by atoms with van der Waals surface area (Å²) in [6, 6.07) is 2.08. The Kier molecular flexibility index (Phi) is 4.89. The Balaban J connectivity index is 2.10. The number of carbonyl (C=O) groups excluding carboxylic acids is 1. The summed E-state index contributed by atoms with van der Waals surface area (Å²) in [5.74, 6) is 0.177. The van der Waals surface area contributed by atoms with E-state index in [1.54, 1.807) is 4.90 Å². The molecule has 1 aliphatic heterocycles. The van der Waals surface area contributed by atoms with Gasteiger partial charge in [-0.1, -0.05) is 11.3 Å². The van der Waals surface area contributed by atoms with E-state index in [0.29, 0.717) is 23.9 Å². The van der Waals surface area contributed by atoms with Crippen molar-refractivity contribution in [2.45, 2.75) is 0 Å². The highest BCUT2D eigenvalue weighted by Crippen LogP contribution is 2.29. The Hall–Kier alpha value is -1.69. The Morgan fingerprint density at radius 3 is 2.85 bits per heavy atom. The number of morpholine rings is 1. The molecule has 20 heavy (non-hydrogen) atoms. The number of amides is 1. The van der Waals surface area contributed by atoms with Crippen LogP contribution in [0.1, 0.15) is 4.88 Å². The van der Waals surface area contributed by atoms with Gasteiger partial charge in [-0.05, 0) is 14.1 Å². The van der Waals surface area contributed by atoms with Crippen molar-refractivity contribution in [1.29, 1.82) is 5.26 Å². The summed E-state index contributed by atoms with van der Waals surface area (Å²) < 4.78 is 5.29. The fraction of sp³-hybridized carbons (Fsp3) is 0.583.